The molecular weight excluding hydrogens is 404 g/mol. The molecule has 0 radical (unpaired) electrons. The van der Waals surface area contributed by atoms with Crippen LogP contribution in [0.1, 0.15) is 11.1 Å². The van der Waals surface area contributed by atoms with Gasteiger partial charge < -0.3 is 19.9 Å². The number of hydrogen-bond acceptors (Lipinski definition) is 4. The Balaban J connectivity index is 1.68. The SMILES string of the molecule is COc1cc(CNc2cc(Cl)c(O)c(Cl)c2)ccc1OCc1ccccc1F. The second-order valence-electron chi connectivity index (χ2n) is 6.01. The first-order chi connectivity index (χ1) is 13.5. The molecule has 0 bridgehead atoms. The van der Waals surface area contributed by atoms with Gasteiger partial charge in [-0.1, -0.05) is 47.5 Å². The zero-order chi connectivity index (χ0) is 20.1. The summed E-state index contributed by atoms with van der Waals surface area (Å²) in [5, 5.41) is 13.1. The van der Waals surface area contributed by atoms with Gasteiger partial charge in [-0.3, -0.25) is 0 Å². The van der Waals surface area contributed by atoms with Crippen molar-refractivity contribution in [3.8, 4) is 17.2 Å². The summed E-state index contributed by atoms with van der Waals surface area (Å²) in [6.45, 7) is 0.576. The lowest BCUT2D eigenvalue weighted by molar-refractivity contribution is 0.279. The average molecular weight is 422 g/mol. The molecule has 0 aliphatic rings. The Labute approximate surface area is 172 Å². The molecule has 4 nitrogen and oxygen atoms in total. The third-order valence-corrected chi connectivity index (χ3v) is 4.66. The zero-order valence-electron chi connectivity index (χ0n) is 15.0. The lowest BCUT2D eigenvalue weighted by atomic mass is 10.2. The van der Waals surface area contributed by atoms with Gasteiger partial charge in [0.25, 0.3) is 0 Å². The van der Waals surface area contributed by atoms with E-state index in [0.29, 0.717) is 29.3 Å². The van der Waals surface area contributed by atoms with Gasteiger partial charge in [0.2, 0.25) is 0 Å². The van der Waals surface area contributed by atoms with E-state index in [0.717, 1.165) is 5.56 Å². The van der Waals surface area contributed by atoms with E-state index in [-0.39, 0.29) is 28.2 Å². The first-order valence-electron chi connectivity index (χ1n) is 8.43. The van der Waals surface area contributed by atoms with Crippen LogP contribution in [0.25, 0.3) is 0 Å². The second kappa shape index (κ2) is 9.04. The van der Waals surface area contributed by atoms with E-state index < -0.39 is 0 Å². The van der Waals surface area contributed by atoms with E-state index in [1.165, 1.54) is 6.07 Å². The number of methoxy groups -OCH3 is 1. The molecule has 0 unspecified atom stereocenters. The van der Waals surface area contributed by atoms with Crippen LogP contribution in [-0.2, 0) is 13.2 Å². The van der Waals surface area contributed by atoms with Gasteiger partial charge in [0.1, 0.15) is 12.4 Å². The number of phenolic OH excluding ortho intramolecular Hbond substituents is 1. The predicted octanol–water partition coefficient (Wildman–Crippen LogP) is 6.04. The van der Waals surface area contributed by atoms with E-state index in [4.69, 9.17) is 32.7 Å². The molecule has 0 fully saturated rings. The van der Waals surface area contributed by atoms with Crippen LogP contribution in [0.3, 0.4) is 0 Å². The maximum atomic E-state index is 13.7. The number of aromatic hydroxyl groups is 1. The fourth-order valence-electron chi connectivity index (χ4n) is 2.58. The van der Waals surface area contributed by atoms with E-state index in [1.54, 1.807) is 43.5 Å². The minimum Gasteiger partial charge on any atom is -0.505 e. The molecule has 146 valence electrons. The maximum Gasteiger partial charge on any atom is 0.161 e. The Morgan fingerprint density at radius 1 is 1.00 bits per heavy atom. The standard InChI is InChI=1S/C21H18Cl2FNO3/c1-27-20-8-13(11-25-15-9-16(22)21(26)17(23)10-15)6-7-19(20)28-12-14-4-2-3-5-18(14)24/h2-10,25-26H,11-12H2,1H3. The van der Waals surface area contributed by atoms with Crippen LogP contribution in [0.5, 0.6) is 17.2 Å². The number of nitrogens with one attached hydrogen (secondary N) is 1. The van der Waals surface area contributed by atoms with Crippen molar-refractivity contribution in [1.29, 1.82) is 0 Å². The van der Waals surface area contributed by atoms with E-state index in [1.807, 2.05) is 12.1 Å². The largest absolute Gasteiger partial charge is 0.505 e. The Kier molecular flexibility index (Phi) is 6.49. The molecule has 3 rings (SSSR count). The molecule has 3 aromatic carbocycles. The summed E-state index contributed by atoms with van der Waals surface area (Å²) in [5.41, 5.74) is 2.07. The number of phenols is 1. The minimum atomic E-state index is -0.312. The number of hydrogen-bond donors (Lipinski definition) is 2. The molecule has 0 heterocycles. The fraction of sp³-hybridized carbons (Fsp3) is 0.143. The third kappa shape index (κ3) is 4.80. The van der Waals surface area contributed by atoms with Crippen LogP contribution in [0.15, 0.2) is 54.6 Å². The van der Waals surface area contributed by atoms with Gasteiger partial charge in [0, 0.05) is 17.8 Å². The molecule has 0 aliphatic heterocycles. The summed E-state index contributed by atoms with van der Waals surface area (Å²) in [6.07, 6.45) is 0. The highest BCUT2D eigenvalue weighted by Gasteiger charge is 2.10. The van der Waals surface area contributed by atoms with Gasteiger partial charge in [-0.25, -0.2) is 4.39 Å². The van der Waals surface area contributed by atoms with Crippen LogP contribution in [0, 0.1) is 5.82 Å². The Morgan fingerprint density at radius 3 is 2.39 bits per heavy atom. The van der Waals surface area contributed by atoms with Crippen molar-refractivity contribution in [3.63, 3.8) is 0 Å². The quantitative estimate of drug-likeness (QED) is 0.456. The topological polar surface area (TPSA) is 50.7 Å². The summed E-state index contributed by atoms with van der Waals surface area (Å²) in [4.78, 5) is 0. The molecule has 0 aromatic heterocycles. The Hall–Kier alpha value is -2.63. The summed E-state index contributed by atoms with van der Waals surface area (Å²) >= 11 is 11.9. The Bertz CT molecular complexity index is 959. The molecule has 3 aromatic rings. The molecule has 0 saturated heterocycles. The summed E-state index contributed by atoms with van der Waals surface area (Å²) in [5.74, 6) is 0.600. The molecular formula is C21H18Cl2FNO3. The summed E-state index contributed by atoms with van der Waals surface area (Å²) in [7, 11) is 1.54. The molecule has 0 aliphatic carbocycles. The van der Waals surface area contributed by atoms with Gasteiger partial charge in [-0.15, -0.1) is 0 Å². The highest BCUT2D eigenvalue weighted by atomic mass is 35.5. The number of rotatable bonds is 7. The van der Waals surface area contributed by atoms with Crippen molar-refractivity contribution in [1.82, 2.24) is 0 Å². The molecule has 2 N–H and O–H groups in total. The highest BCUT2D eigenvalue weighted by molar-refractivity contribution is 6.37. The van der Waals surface area contributed by atoms with Crippen molar-refractivity contribution in [2.24, 2.45) is 0 Å². The van der Waals surface area contributed by atoms with Gasteiger partial charge in [0.15, 0.2) is 17.2 Å². The van der Waals surface area contributed by atoms with Crippen molar-refractivity contribution in [2.45, 2.75) is 13.2 Å². The van der Waals surface area contributed by atoms with Gasteiger partial charge in [-0.2, -0.15) is 0 Å². The summed E-state index contributed by atoms with van der Waals surface area (Å²) < 4.78 is 24.8. The number of benzene rings is 3. The van der Waals surface area contributed by atoms with Crippen LogP contribution in [0.2, 0.25) is 10.0 Å². The lowest BCUT2D eigenvalue weighted by Gasteiger charge is -2.14. The van der Waals surface area contributed by atoms with Crippen molar-refractivity contribution in [3.05, 3.63) is 81.6 Å². The van der Waals surface area contributed by atoms with E-state index in [9.17, 15) is 9.50 Å². The normalized spacial score (nSPS) is 10.6. The van der Waals surface area contributed by atoms with Crippen molar-refractivity contribution >= 4 is 28.9 Å². The minimum absolute atomic E-state index is 0.102. The number of anilines is 1. The second-order valence-corrected chi connectivity index (χ2v) is 6.82. The third-order valence-electron chi connectivity index (χ3n) is 4.08. The van der Waals surface area contributed by atoms with Crippen LogP contribution in [-0.4, -0.2) is 12.2 Å². The first-order valence-corrected chi connectivity index (χ1v) is 9.18. The van der Waals surface area contributed by atoms with E-state index >= 15 is 0 Å². The number of ether oxygens (including phenoxy) is 2. The molecule has 0 spiro atoms. The molecule has 28 heavy (non-hydrogen) atoms. The smallest absolute Gasteiger partial charge is 0.161 e. The maximum absolute atomic E-state index is 13.7. The van der Waals surface area contributed by atoms with Gasteiger partial charge >= 0.3 is 0 Å². The Morgan fingerprint density at radius 2 is 1.71 bits per heavy atom. The predicted molar refractivity (Wildman–Crippen MR) is 109 cm³/mol. The molecule has 0 saturated carbocycles. The molecule has 7 heteroatoms. The fourth-order valence-corrected chi connectivity index (χ4v) is 3.07. The van der Waals surface area contributed by atoms with Gasteiger partial charge in [-0.05, 0) is 35.9 Å². The van der Waals surface area contributed by atoms with Crippen molar-refractivity contribution < 1.29 is 19.0 Å². The average Bonchev–Trinajstić information content (AvgIpc) is 2.70. The monoisotopic (exact) mass is 421 g/mol. The number of halogens is 3. The summed E-state index contributed by atoms with van der Waals surface area (Å²) in [6, 6.07) is 15.1. The van der Waals surface area contributed by atoms with Crippen LogP contribution >= 0.6 is 23.2 Å². The highest BCUT2D eigenvalue weighted by Crippen LogP contribution is 2.35. The molecule has 0 atom stereocenters. The first kappa shape index (κ1) is 20.1. The van der Waals surface area contributed by atoms with Crippen molar-refractivity contribution in [2.75, 3.05) is 12.4 Å². The van der Waals surface area contributed by atoms with Gasteiger partial charge in [0.05, 0.1) is 17.2 Å². The van der Waals surface area contributed by atoms with Crippen LogP contribution in [0.4, 0.5) is 10.1 Å². The lowest BCUT2D eigenvalue weighted by Crippen LogP contribution is -2.02. The van der Waals surface area contributed by atoms with E-state index in [2.05, 4.69) is 5.32 Å². The molecule has 0 amide bonds. The van der Waals surface area contributed by atoms with Crippen LogP contribution < -0.4 is 14.8 Å². The zero-order valence-corrected chi connectivity index (χ0v) is 16.5.